The molecule has 2 aliphatic rings. The Morgan fingerprint density at radius 1 is 1.42 bits per heavy atom. The van der Waals surface area contributed by atoms with E-state index in [1.807, 2.05) is 23.5 Å². The van der Waals surface area contributed by atoms with Crippen LogP contribution in [0.1, 0.15) is 19.3 Å². The lowest BCUT2D eigenvalue weighted by molar-refractivity contribution is -0.123. The molecule has 3 heteroatoms. The van der Waals surface area contributed by atoms with Crippen molar-refractivity contribution in [2.24, 2.45) is 11.8 Å². The van der Waals surface area contributed by atoms with E-state index in [0.717, 1.165) is 18.8 Å². The van der Waals surface area contributed by atoms with Gasteiger partial charge in [-0.1, -0.05) is 0 Å². The molecule has 0 aliphatic heterocycles. The van der Waals surface area contributed by atoms with E-state index >= 15 is 0 Å². The summed E-state index contributed by atoms with van der Waals surface area (Å²) in [4.78, 5) is 11.5. The fourth-order valence-corrected chi connectivity index (χ4v) is 5.16. The Morgan fingerprint density at radius 2 is 2.08 bits per heavy atom. The second kappa shape index (κ2) is 2.95. The summed E-state index contributed by atoms with van der Waals surface area (Å²) >= 11 is 3.76. The van der Waals surface area contributed by atoms with Gasteiger partial charge in [0.15, 0.2) is 0 Å². The summed E-state index contributed by atoms with van der Waals surface area (Å²) in [6.45, 7) is 0. The predicted molar refractivity (Wildman–Crippen MR) is 55.6 cm³/mol. The molecule has 0 radical (unpaired) electrons. The highest BCUT2D eigenvalue weighted by atomic mass is 32.2. The van der Waals surface area contributed by atoms with Crippen LogP contribution >= 0.6 is 23.5 Å². The third-order valence-corrected chi connectivity index (χ3v) is 6.51. The zero-order valence-corrected chi connectivity index (χ0v) is 9.13. The summed E-state index contributed by atoms with van der Waals surface area (Å²) in [7, 11) is 0. The molecule has 0 saturated heterocycles. The van der Waals surface area contributed by atoms with E-state index in [1.54, 1.807) is 0 Å². The Bertz CT molecular complexity index is 211. The molecule has 2 saturated carbocycles. The summed E-state index contributed by atoms with van der Waals surface area (Å²) in [5, 5.41) is 0. The number of hydrogen-bond acceptors (Lipinski definition) is 3. The molecule has 2 rings (SSSR count). The molecular formula is C9H14OS2. The molecule has 2 fully saturated rings. The van der Waals surface area contributed by atoms with Crippen molar-refractivity contribution < 1.29 is 4.79 Å². The van der Waals surface area contributed by atoms with Gasteiger partial charge in [-0.25, -0.2) is 0 Å². The average molecular weight is 202 g/mol. The van der Waals surface area contributed by atoms with Crippen molar-refractivity contribution in [1.82, 2.24) is 0 Å². The molecule has 0 aromatic rings. The molecule has 0 heterocycles. The molecule has 2 unspecified atom stereocenters. The number of carbonyl (C=O) groups excluding carboxylic acids is 1. The second-order valence-electron chi connectivity index (χ2n) is 3.67. The number of thioether (sulfide) groups is 2. The molecule has 2 aliphatic carbocycles. The van der Waals surface area contributed by atoms with Crippen LogP contribution < -0.4 is 0 Å². The van der Waals surface area contributed by atoms with Gasteiger partial charge in [0.25, 0.3) is 0 Å². The van der Waals surface area contributed by atoms with E-state index in [-0.39, 0.29) is 4.08 Å². The maximum atomic E-state index is 11.5. The van der Waals surface area contributed by atoms with Crippen LogP contribution in [0.25, 0.3) is 0 Å². The van der Waals surface area contributed by atoms with Gasteiger partial charge in [0.1, 0.15) is 5.78 Å². The number of Topliss-reactive ketones (excluding diaryl/α,β-unsaturated/α-hetero) is 1. The number of fused-ring (bicyclic) bond motifs is 1. The van der Waals surface area contributed by atoms with Crippen molar-refractivity contribution in [3.63, 3.8) is 0 Å². The number of ketones is 1. The lowest BCUT2D eigenvalue weighted by Crippen LogP contribution is -2.48. The predicted octanol–water partition coefficient (Wildman–Crippen LogP) is 2.41. The molecule has 0 bridgehead atoms. The molecule has 0 spiro atoms. The highest BCUT2D eigenvalue weighted by Gasteiger charge is 2.58. The third kappa shape index (κ3) is 0.987. The summed E-state index contributed by atoms with van der Waals surface area (Å²) < 4.78 is 0.262. The van der Waals surface area contributed by atoms with Crippen LogP contribution in [0.15, 0.2) is 0 Å². The Hall–Kier alpha value is 0.370. The Balaban J connectivity index is 2.17. The van der Waals surface area contributed by atoms with Gasteiger partial charge >= 0.3 is 0 Å². The van der Waals surface area contributed by atoms with Gasteiger partial charge in [-0.2, -0.15) is 0 Å². The Kier molecular flexibility index (Phi) is 2.20. The van der Waals surface area contributed by atoms with Crippen LogP contribution in [0, 0.1) is 11.8 Å². The van der Waals surface area contributed by atoms with Crippen molar-refractivity contribution in [1.29, 1.82) is 0 Å². The first-order valence-electron chi connectivity index (χ1n) is 4.36. The lowest BCUT2D eigenvalue weighted by Gasteiger charge is -2.49. The lowest BCUT2D eigenvalue weighted by atomic mass is 9.74. The maximum absolute atomic E-state index is 11.5. The summed E-state index contributed by atoms with van der Waals surface area (Å²) in [5.41, 5.74) is 0. The van der Waals surface area contributed by atoms with Crippen LogP contribution in [0.5, 0.6) is 0 Å². The molecule has 12 heavy (non-hydrogen) atoms. The quantitative estimate of drug-likeness (QED) is 0.640. The first kappa shape index (κ1) is 8.95. The molecule has 2 atom stereocenters. The third-order valence-electron chi connectivity index (χ3n) is 3.29. The number of hydrogen-bond donors (Lipinski definition) is 0. The Labute approximate surface area is 82.1 Å². The van der Waals surface area contributed by atoms with Gasteiger partial charge in [0, 0.05) is 12.3 Å². The largest absolute Gasteiger partial charge is 0.299 e. The highest BCUT2D eigenvalue weighted by Crippen LogP contribution is 2.62. The van der Waals surface area contributed by atoms with E-state index in [9.17, 15) is 4.79 Å². The number of rotatable bonds is 2. The smallest absolute Gasteiger partial charge is 0.138 e. The minimum atomic E-state index is 0.262. The van der Waals surface area contributed by atoms with Crippen molar-refractivity contribution in [3.8, 4) is 0 Å². The van der Waals surface area contributed by atoms with Crippen molar-refractivity contribution in [2.45, 2.75) is 23.3 Å². The molecule has 0 amide bonds. The van der Waals surface area contributed by atoms with Gasteiger partial charge < -0.3 is 0 Å². The maximum Gasteiger partial charge on any atom is 0.138 e. The van der Waals surface area contributed by atoms with Crippen LogP contribution in [0.4, 0.5) is 0 Å². The zero-order chi connectivity index (χ0) is 8.77. The van der Waals surface area contributed by atoms with Crippen LogP contribution in [0.2, 0.25) is 0 Å². The SMILES string of the molecule is CSC1(SC)CC2CCC(=O)C21. The normalized spacial score (nSPS) is 37.7. The summed E-state index contributed by atoms with van der Waals surface area (Å²) in [6.07, 6.45) is 7.53. The van der Waals surface area contributed by atoms with E-state index in [1.165, 1.54) is 6.42 Å². The van der Waals surface area contributed by atoms with E-state index < -0.39 is 0 Å². The molecular weight excluding hydrogens is 188 g/mol. The van der Waals surface area contributed by atoms with Gasteiger partial charge in [0.2, 0.25) is 0 Å². The van der Waals surface area contributed by atoms with Gasteiger partial charge in [-0.15, -0.1) is 23.5 Å². The zero-order valence-electron chi connectivity index (χ0n) is 7.50. The molecule has 68 valence electrons. The van der Waals surface area contributed by atoms with Crippen LogP contribution in [-0.4, -0.2) is 22.4 Å². The first-order chi connectivity index (χ1) is 5.73. The van der Waals surface area contributed by atoms with E-state index in [0.29, 0.717) is 11.7 Å². The number of carbonyl (C=O) groups is 1. The van der Waals surface area contributed by atoms with Crippen LogP contribution in [-0.2, 0) is 4.79 Å². The molecule has 1 nitrogen and oxygen atoms in total. The molecule has 0 aromatic heterocycles. The van der Waals surface area contributed by atoms with Gasteiger partial charge in [-0.3, -0.25) is 4.79 Å². The fourth-order valence-electron chi connectivity index (χ4n) is 2.57. The first-order valence-corrected chi connectivity index (χ1v) is 6.81. The minimum Gasteiger partial charge on any atom is -0.299 e. The van der Waals surface area contributed by atoms with Crippen molar-refractivity contribution in [3.05, 3.63) is 0 Å². The standard InChI is InChI=1S/C9H14OS2/c1-11-9(12-2)5-6-3-4-7(10)8(6)9/h6,8H,3-5H2,1-2H3. The second-order valence-corrected chi connectivity index (χ2v) is 6.20. The minimum absolute atomic E-state index is 0.262. The van der Waals surface area contributed by atoms with Gasteiger partial charge in [0.05, 0.1) is 4.08 Å². The molecule has 0 N–H and O–H groups in total. The van der Waals surface area contributed by atoms with E-state index in [4.69, 9.17) is 0 Å². The summed E-state index contributed by atoms with van der Waals surface area (Å²) in [6, 6.07) is 0. The fraction of sp³-hybridized carbons (Fsp3) is 0.889. The van der Waals surface area contributed by atoms with E-state index in [2.05, 4.69) is 12.5 Å². The topological polar surface area (TPSA) is 17.1 Å². The van der Waals surface area contributed by atoms with Crippen molar-refractivity contribution in [2.75, 3.05) is 12.5 Å². The Morgan fingerprint density at radius 3 is 2.58 bits per heavy atom. The van der Waals surface area contributed by atoms with Crippen LogP contribution in [0.3, 0.4) is 0 Å². The highest BCUT2D eigenvalue weighted by molar-refractivity contribution is 8.17. The average Bonchev–Trinajstić information content (AvgIpc) is 2.31. The van der Waals surface area contributed by atoms with Crippen molar-refractivity contribution >= 4 is 29.3 Å². The summed E-state index contributed by atoms with van der Waals surface area (Å²) in [5.74, 6) is 1.65. The molecule has 0 aromatic carbocycles. The van der Waals surface area contributed by atoms with Gasteiger partial charge in [-0.05, 0) is 31.3 Å². The monoisotopic (exact) mass is 202 g/mol.